The van der Waals surface area contributed by atoms with Crippen LogP contribution in [-0.2, 0) is 12.8 Å². The number of hydrogen-bond acceptors (Lipinski definition) is 3. The molecule has 6 heteroatoms. The van der Waals surface area contributed by atoms with Gasteiger partial charge in [0.15, 0.2) is 0 Å². The van der Waals surface area contributed by atoms with Crippen molar-refractivity contribution in [2.45, 2.75) is 19.3 Å². The van der Waals surface area contributed by atoms with Gasteiger partial charge in [-0.3, -0.25) is 0 Å². The highest BCUT2D eigenvalue weighted by atomic mass is 19.1. The Labute approximate surface area is 183 Å². The second-order valence-electron chi connectivity index (χ2n) is 7.82. The van der Waals surface area contributed by atoms with E-state index in [1.165, 1.54) is 31.4 Å². The van der Waals surface area contributed by atoms with Gasteiger partial charge in [-0.05, 0) is 66.8 Å². The van der Waals surface area contributed by atoms with E-state index in [1.807, 2.05) is 6.07 Å². The van der Waals surface area contributed by atoms with E-state index in [9.17, 15) is 18.7 Å². The van der Waals surface area contributed by atoms with Crippen molar-refractivity contribution < 1.29 is 23.4 Å². The molecule has 0 aliphatic heterocycles. The molecule has 0 saturated heterocycles. The summed E-state index contributed by atoms with van der Waals surface area (Å²) in [5, 5.41) is 10.3. The fourth-order valence-corrected chi connectivity index (χ4v) is 4.55. The highest BCUT2D eigenvalue weighted by Crippen LogP contribution is 2.42. The van der Waals surface area contributed by atoms with Crippen LogP contribution in [0.2, 0.25) is 0 Å². The van der Waals surface area contributed by atoms with E-state index in [0.29, 0.717) is 52.9 Å². The monoisotopic (exact) mass is 431 g/mol. The molecule has 0 amide bonds. The summed E-state index contributed by atoms with van der Waals surface area (Å²) < 4.78 is 34.0. The Kier molecular flexibility index (Phi) is 4.85. The zero-order valence-electron chi connectivity index (χ0n) is 17.3. The van der Waals surface area contributed by atoms with Crippen LogP contribution in [-0.4, -0.2) is 23.2 Å². The van der Waals surface area contributed by atoms with Gasteiger partial charge in [0.1, 0.15) is 17.4 Å². The minimum absolute atomic E-state index is 0.0782. The molecule has 0 saturated carbocycles. The number of nitrogens with zero attached hydrogens (tertiary/aromatic N) is 1. The normalized spacial score (nSPS) is 12.7. The number of benzene rings is 3. The second kappa shape index (κ2) is 7.71. The Morgan fingerprint density at radius 3 is 2.56 bits per heavy atom. The number of fused-ring (bicyclic) bond motifs is 4. The van der Waals surface area contributed by atoms with Gasteiger partial charge >= 0.3 is 5.97 Å². The van der Waals surface area contributed by atoms with Gasteiger partial charge in [-0.2, -0.15) is 0 Å². The molecule has 3 aromatic carbocycles. The molecule has 32 heavy (non-hydrogen) atoms. The van der Waals surface area contributed by atoms with Crippen LogP contribution in [0, 0.1) is 11.6 Å². The molecule has 4 aromatic rings. The van der Waals surface area contributed by atoms with Crippen molar-refractivity contribution in [2.24, 2.45) is 0 Å². The van der Waals surface area contributed by atoms with Crippen LogP contribution >= 0.6 is 0 Å². The van der Waals surface area contributed by atoms with Crippen molar-refractivity contribution in [2.75, 3.05) is 7.11 Å². The van der Waals surface area contributed by atoms with Crippen LogP contribution in [0.15, 0.2) is 54.6 Å². The first-order valence-electron chi connectivity index (χ1n) is 10.3. The van der Waals surface area contributed by atoms with E-state index >= 15 is 0 Å². The van der Waals surface area contributed by atoms with Gasteiger partial charge in [-0.15, -0.1) is 0 Å². The lowest BCUT2D eigenvalue weighted by Gasteiger charge is -2.17. The van der Waals surface area contributed by atoms with Crippen LogP contribution in [0.3, 0.4) is 0 Å². The average molecular weight is 431 g/mol. The smallest absolute Gasteiger partial charge is 0.336 e. The van der Waals surface area contributed by atoms with Gasteiger partial charge < -0.3 is 9.84 Å². The highest BCUT2D eigenvalue weighted by Gasteiger charge is 2.26. The van der Waals surface area contributed by atoms with Crippen LogP contribution < -0.4 is 4.74 Å². The molecular formula is C26H19F2NO3. The maximum absolute atomic E-state index is 14.5. The average Bonchev–Trinajstić information content (AvgIpc) is 2.95. The third-order valence-corrected chi connectivity index (χ3v) is 5.98. The number of halogens is 2. The summed E-state index contributed by atoms with van der Waals surface area (Å²) in [6, 6.07) is 14.2. The number of carboxylic acids is 1. The first kappa shape index (κ1) is 20.1. The Hall–Kier alpha value is -3.80. The number of carbonyl (C=O) groups is 1. The van der Waals surface area contributed by atoms with E-state index in [-0.39, 0.29) is 16.8 Å². The third-order valence-electron chi connectivity index (χ3n) is 5.98. The molecule has 0 bridgehead atoms. The quantitative estimate of drug-likeness (QED) is 0.430. The maximum Gasteiger partial charge on any atom is 0.336 e. The topological polar surface area (TPSA) is 59.4 Å². The second-order valence-corrected chi connectivity index (χ2v) is 7.82. The molecule has 0 atom stereocenters. The molecule has 1 N–H and O–H groups in total. The number of aromatic carboxylic acids is 1. The minimum atomic E-state index is -1.11. The lowest BCUT2D eigenvalue weighted by atomic mass is 9.92. The van der Waals surface area contributed by atoms with Crippen molar-refractivity contribution >= 4 is 16.9 Å². The van der Waals surface area contributed by atoms with Crippen molar-refractivity contribution in [3.8, 4) is 28.1 Å². The molecule has 0 spiro atoms. The van der Waals surface area contributed by atoms with E-state index in [0.717, 1.165) is 11.1 Å². The fourth-order valence-electron chi connectivity index (χ4n) is 4.55. The fraction of sp³-hybridized carbons (Fsp3) is 0.154. The summed E-state index contributed by atoms with van der Waals surface area (Å²) in [5.41, 5.74) is 4.37. The van der Waals surface area contributed by atoms with Gasteiger partial charge in [-0.1, -0.05) is 18.2 Å². The van der Waals surface area contributed by atoms with Gasteiger partial charge in [0.25, 0.3) is 0 Å². The standard InChI is InChI=1S/C26H19F2NO3/c1-32-23-13-18-14(11-19(23)16-6-2-3-8-21(16)28)5-4-7-17-24(26(30)31)20-12-15(27)9-10-22(20)29-25(17)18/h2-3,6,8-13H,4-5,7H2,1H3,(H,30,31). The summed E-state index contributed by atoms with van der Waals surface area (Å²) in [6.45, 7) is 0. The molecule has 5 rings (SSSR count). The van der Waals surface area contributed by atoms with Crippen LogP contribution in [0.1, 0.15) is 27.9 Å². The molecule has 4 nitrogen and oxygen atoms in total. The minimum Gasteiger partial charge on any atom is -0.496 e. The zero-order chi connectivity index (χ0) is 22.4. The molecule has 1 aliphatic carbocycles. The largest absolute Gasteiger partial charge is 0.496 e. The van der Waals surface area contributed by atoms with E-state index < -0.39 is 11.8 Å². The number of pyridine rings is 1. The van der Waals surface area contributed by atoms with Crippen molar-refractivity contribution in [1.29, 1.82) is 0 Å². The molecule has 1 heterocycles. The molecule has 0 unspecified atom stereocenters. The lowest BCUT2D eigenvalue weighted by Crippen LogP contribution is -2.07. The highest BCUT2D eigenvalue weighted by molar-refractivity contribution is 6.06. The Morgan fingerprint density at radius 1 is 1.00 bits per heavy atom. The van der Waals surface area contributed by atoms with Crippen LogP contribution in [0.4, 0.5) is 8.78 Å². The molecule has 160 valence electrons. The number of aryl methyl sites for hydroxylation is 1. The van der Waals surface area contributed by atoms with E-state index in [4.69, 9.17) is 9.72 Å². The van der Waals surface area contributed by atoms with Crippen molar-refractivity contribution in [3.63, 3.8) is 0 Å². The first-order chi connectivity index (χ1) is 15.5. The maximum atomic E-state index is 14.5. The van der Waals surface area contributed by atoms with Crippen molar-refractivity contribution in [3.05, 3.63) is 82.9 Å². The summed E-state index contributed by atoms with van der Waals surface area (Å²) in [6.07, 6.45) is 1.84. The SMILES string of the molecule is COc1cc2c(cc1-c1ccccc1F)CCCc1c-2nc2ccc(F)cc2c1C(=O)O. The summed E-state index contributed by atoms with van der Waals surface area (Å²) in [4.78, 5) is 16.9. The predicted octanol–water partition coefficient (Wildman–Crippen LogP) is 6.04. The molecule has 1 aromatic heterocycles. The summed E-state index contributed by atoms with van der Waals surface area (Å²) >= 11 is 0. The number of rotatable bonds is 3. The number of methoxy groups -OCH3 is 1. The van der Waals surface area contributed by atoms with Crippen LogP contribution in [0.5, 0.6) is 5.75 Å². The van der Waals surface area contributed by atoms with E-state index in [1.54, 1.807) is 24.3 Å². The van der Waals surface area contributed by atoms with Gasteiger partial charge in [0.2, 0.25) is 0 Å². The number of hydrogen-bond donors (Lipinski definition) is 1. The van der Waals surface area contributed by atoms with Crippen LogP contribution in [0.25, 0.3) is 33.3 Å². The Morgan fingerprint density at radius 2 is 1.81 bits per heavy atom. The molecule has 1 aliphatic rings. The zero-order valence-corrected chi connectivity index (χ0v) is 17.3. The van der Waals surface area contributed by atoms with Gasteiger partial charge in [0.05, 0.1) is 23.9 Å². The van der Waals surface area contributed by atoms with E-state index in [2.05, 4.69) is 0 Å². The third kappa shape index (κ3) is 3.19. The first-order valence-corrected chi connectivity index (χ1v) is 10.3. The summed E-state index contributed by atoms with van der Waals surface area (Å²) in [5.74, 6) is -1.50. The molecule has 0 radical (unpaired) electrons. The summed E-state index contributed by atoms with van der Waals surface area (Å²) in [7, 11) is 1.52. The van der Waals surface area contributed by atoms with Gasteiger partial charge in [-0.25, -0.2) is 18.6 Å². The molecule has 0 fully saturated rings. The Bertz CT molecular complexity index is 1400. The number of ether oxygens (including phenoxy) is 1. The van der Waals surface area contributed by atoms with Gasteiger partial charge in [0, 0.05) is 22.1 Å². The Balaban J connectivity index is 1.82. The van der Waals surface area contributed by atoms with Crippen molar-refractivity contribution in [1.82, 2.24) is 4.98 Å². The predicted molar refractivity (Wildman–Crippen MR) is 118 cm³/mol. The molecular weight excluding hydrogens is 412 g/mol. The number of carboxylic acid groups (broad SMARTS) is 1. The number of aromatic nitrogens is 1. The lowest BCUT2D eigenvalue weighted by molar-refractivity contribution is 0.0698.